The van der Waals surface area contributed by atoms with Crippen molar-refractivity contribution in [3.05, 3.63) is 72.6 Å². The first-order valence-electron chi connectivity index (χ1n) is 13.9. The van der Waals surface area contributed by atoms with E-state index in [1.807, 2.05) is 17.9 Å². The molecule has 1 amide bonds. The molecule has 0 bridgehead atoms. The van der Waals surface area contributed by atoms with Gasteiger partial charge in [-0.25, -0.2) is 19.6 Å². The third-order valence-electron chi connectivity index (χ3n) is 7.10. The lowest BCUT2D eigenvalue weighted by molar-refractivity contribution is 0.0614. The Morgan fingerprint density at radius 1 is 1.09 bits per heavy atom. The highest BCUT2D eigenvalue weighted by Crippen LogP contribution is 2.30. The molecule has 43 heavy (non-hydrogen) atoms. The third-order valence-corrected chi connectivity index (χ3v) is 7.10. The number of carbonyl (C=O) groups is 1. The SMILES string of the molecule is COc1cc(C(=O)N2CCN(CCO)CC2)ccc1Nc1ncc(-c2ccc(C#N)c(O[C@@H](C)Cn3cncn3)c2)cn1. The molecule has 13 heteroatoms. The van der Waals surface area contributed by atoms with Crippen LogP contribution in [0.15, 0.2) is 61.4 Å². The predicted octanol–water partition coefficient (Wildman–Crippen LogP) is 2.58. The molecule has 0 radical (unpaired) electrons. The van der Waals surface area contributed by atoms with Gasteiger partial charge in [-0.1, -0.05) is 6.07 Å². The summed E-state index contributed by atoms with van der Waals surface area (Å²) in [4.78, 5) is 29.9. The van der Waals surface area contributed by atoms with Crippen LogP contribution in [0.5, 0.6) is 11.5 Å². The van der Waals surface area contributed by atoms with Gasteiger partial charge >= 0.3 is 0 Å². The Labute approximate surface area is 249 Å². The van der Waals surface area contributed by atoms with E-state index in [2.05, 4.69) is 36.3 Å². The molecule has 0 spiro atoms. The maximum Gasteiger partial charge on any atom is 0.254 e. The smallest absolute Gasteiger partial charge is 0.254 e. The van der Waals surface area contributed by atoms with Crippen LogP contribution in [0, 0.1) is 11.3 Å². The number of carbonyl (C=O) groups excluding carboxylic acids is 1. The van der Waals surface area contributed by atoms with E-state index in [4.69, 9.17) is 14.6 Å². The maximum absolute atomic E-state index is 13.1. The Morgan fingerprint density at radius 3 is 2.56 bits per heavy atom. The summed E-state index contributed by atoms with van der Waals surface area (Å²) < 4.78 is 13.3. The second-order valence-electron chi connectivity index (χ2n) is 10.1. The normalized spacial score (nSPS) is 14.1. The minimum absolute atomic E-state index is 0.0624. The number of methoxy groups -OCH3 is 1. The first kappa shape index (κ1) is 29.4. The Bertz CT molecular complexity index is 1560. The summed E-state index contributed by atoms with van der Waals surface area (Å²) in [7, 11) is 1.55. The lowest BCUT2D eigenvalue weighted by Crippen LogP contribution is -2.49. The van der Waals surface area contributed by atoms with Crippen LogP contribution in [0.3, 0.4) is 0 Å². The fourth-order valence-electron chi connectivity index (χ4n) is 4.82. The summed E-state index contributed by atoms with van der Waals surface area (Å²) in [6.45, 7) is 5.80. The minimum atomic E-state index is -0.245. The molecule has 1 aliphatic rings. The Kier molecular flexibility index (Phi) is 9.40. The molecule has 5 rings (SSSR count). The molecule has 222 valence electrons. The molecular weight excluding hydrogens is 550 g/mol. The first-order chi connectivity index (χ1) is 21.0. The van der Waals surface area contributed by atoms with Crippen molar-refractivity contribution in [2.75, 3.05) is 51.8 Å². The molecule has 1 saturated heterocycles. The van der Waals surface area contributed by atoms with E-state index in [1.54, 1.807) is 60.8 Å². The summed E-state index contributed by atoms with van der Waals surface area (Å²) in [5, 5.41) is 26.0. The van der Waals surface area contributed by atoms with Crippen LogP contribution in [0.1, 0.15) is 22.8 Å². The van der Waals surface area contributed by atoms with Crippen molar-refractivity contribution >= 4 is 17.5 Å². The highest BCUT2D eigenvalue weighted by molar-refractivity contribution is 5.95. The molecular formula is C30H33N9O4. The van der Waals surface area contributed by atoms with Crippen LogP contribution in [0.2, 0.25) is 0 Å². The van der Waals surface area contributed by atoms with E-state index >= 15 is 0 Å². The molecule has 3 heterocycles. The Hall–Kier alpha value is -5.06. The molecule has 2 aromatic carbocycles. The van der Waals surface area contributed by atoms with E-state index in [0.717, 1.165) is 24.2 Å². The van der Waals surface area contributed by atoms with Crippen molar-refractivity contribution in [3.63, 3.8) is 0 Å². The number of aliphatic hydroxyl groups is 1. The Balaban J connectivity index is 1.25. The number of nitriles is 1. The zero-order chi connectivity index (χ0) is 30.2. The van der Waals surface area contributed by atoms with Gasteiger partial charge in [-0.3, -0.25) is 9.69 Å². The van der Waals surface area contributed by atoms with Crippen LogP contribution < -0.4 is 14.8 Å². The summed E-state index contributed by atoms with van der Waals surface area (Å²) >= 11 is 0. The molecule has 1 atom stereocenters. The van der Waals surface area contributed by atoms with Gasteiger partial charge < -0.3 is 24.8 Å². The van der Waals surface area contributed by atoms with Crippen molar-refractivity contribution in [2.24, 2.45) is 0 Å². The molecule has 2 N–H and O–H groups in total. The molecule has 0 aliphatic carbocycles. The number of hydrogen-bond donors (Lipinski definition) is 2. The number of ether oxygens (including phenoxy) is 2. The van der Waals surface area contributed by atoms with Gasteiger partial charge in [0.15, 0.2) is 0 Å². The maximum atomic E-state index is 13.1. The van der Waals surface area contributed by atoms with Crippen LogP contribution in [-0.4, -0.2) is 98.1 Å². The lowest BCUT2D eigenvalue weighted by atomic mass is 10.1. The van der Waals surface area contributed by atoms with Crippen molar-refractivity contribution in [3.8, 4) is 28.7 Å². The number of aromatic nitrogens is 5. The molecule has 1 fully saturated rings. The fourth-order valence-corrected chi connectivity index (χ4v) is 4.82. The van der Waals surface area contributed by atoms with E-state index in [9.17, 15) is 10.1 Å². The van der Waals surface area contributed by atoms with Gasteiger partial charge in [-0.15, -0.1) is 0 Å². The van der Waals surface area contributed by atoms with E-state index < -0.39 is 0 Å². The minimum Gasteiger partial charge on any atom is -0.495 e. The number of piperazine rings is 1. The zero-order valence-electron chi connectivity index (χ0n) is 24.1. The summed E-state index contributed by atoms with van der Waals surface area (Å²) in [5.74, 6) is 1.24. The van der Waals surface area contributed by atoms with Gasteiger partial charge in [0.25, 0.3) is 5.91 Å². The van der Waals surface area contributed by atoms with E-state index in [-0.39, 0.29) is 18.6 Å². The summed E-state index contributed by atoms with van der Waals surface area (Å²) in [6, 6.07) is 12.7. The summed E-state index contributed by atoms with van der Waals surface area (Å²) in [6.07, 6.45) is 6.19. The average molecular weight is 584 g/mol. The standard InChI is InChI=1S/C30H33N9O4/c1-21(18-39-20-32-19-35-39)43-27-13-22(3-4-24(27)15-31)25-16-33-30(34-17-25)36-26-6-5-23(14-28(26)42-2)29(41)38-9-7-37(8-10-38)11-12-40/h3-6,13-14,16-17,19-21,40H,7-12,18H2,1-2H3,(H,33,34,36)/t21-/m0/s1. The number of nitrogens with one attached hydrogen (secondary N) is 1. The zero-order valence-corrected chi connectivity index (χ0v) is 24.1. The van der Waals surface area contributed by atoms with Gasteiger partial charge in [0, 0.05) is 56.2 Å². The number of nitrogens with zero attached hydrogens (tertiary/aromatic N) is 8. The molecule has 0 saturated carbocycles. The van der Waals surface area contributed by atoms with Crippen LogP contribution in [-0.2, 0) is 6.54 Å². The Morgan fingerprint density at radius 2 is 1.88 bits per heavy atom. The monoisotopic (exact) mass is 583 g/mol. The highest BCUT2D eigenvalue weighted by atomic mass is 16.5. The number of β-amino-alcohol motifs (C(OH)–C–C–N with tert-alkyl or cyclic N) is 1. The fraction of sp³-hybridized carbons (Fsp3) is 0.333. The number of rotatable bonds is 11. The topological polar surface area (TPSA) is 155 Å². The second kappa shape index (κ2) is 13.7. The van der Waals surface area contributed by atoms with Crippen molar-refractivity contribution in [1.29, 1.82) is 5.26 Å². The quantitative estimate of drug-likeness (QED) is 0.268. The molecule has 4 aromatic rings. The molecule has 1 aliphatic heterocycles. The lowest BCUT2D eigenvalue weighted by Gasteiger charge is -2.34. The van der Waals surface area contributed by atoms with Crippen LogP contribution in [0.4, 0.5) is 11.6 Å². The second-order valence-corrected chi connectivity index (χ2v) is 10.1. The first-order valence-corrected chi connectivity index (χ1v) is 13.9. The van der Waals surface area contributed by atoms with Gasteiger partial charge in [-0.05, 0) is 42.8 Å². The van der Waals surface area contributed by atoms with Gasteiger partial charge in [-0.2, -0.15) is 10.4 Å². The molecule has 2 aromatic heterocycles. The number of benzene rings is 2. The number of hydrogen-bond acceptors (Lipinski definition) is 11. The van der Waals surface area contributed by atoms with Crippen molar-refractivity contribution < 1.29 is 19.4 Å². The van der Waals surface area contributed by atoms with Gasteiger partial charge in [0.1, 0.15) is 36.3 Å². The molecule has 0 unspecified atom stereocenters. The number of amides is 1. The van der Waals surface area contributed by atoms with E-state index in [1.165, 1.54) is 6.33 Å². The number of anilines is 2. The van der Waals surface area contributed by atoms with Gasteiger partial charge in [0.05, 0.1) is 31.5 Å². The van der Waals surface area contributed by atoms with Crippen LogP contribution >= 0.6 is 0 Å². The van der Waals surface area contributed by atoms with E-state index in [0.29, 0.717) is 60.4 Å². The number of aliphatic hydroxyl groups excluding tert-OH is 1. The molecule has 13 nitrogen and oxygen atoms in total. The third kappa shape index (κ3) is 7.24. The largest absolute Gasteiger partial charge is 0.495 e. The van der Waals surface area contributed by atoms with Crippen molar-refractivity contribution in [2.45, 2.75) is 19.6 Å². The predicted molar refractivity (Wildman–Crippen MR) is 158 cm³/mol. The highest BCUT2D eigenvalue weighted by Gasteiger charge is 2.23. The summed E-state index contributed by atoms with van der Waals surface area (Å²) in [5.41, 5.74) is 3.12. The van der Waals surface area contributed by atoms with Crippen LogP contribution in [0.25, 0.3) is 11.1 Å². The van der Waals surface area contributed by atoms with Crippen molar-refractivity contribution in [1.82, 2.24) is 34.5 Å². The van der Waals surface area contributed by atoms with Gasteiger partial charge in [0.2, 0.25) is 5.95 Å². The average Bonchev–Trinajstić information content (AvgIpc) is 3.54.